The van der Waals surface area contributed by atoms with Crippen LogP contribution in [0.25, 0.3) is 0 Å². The molecule has 114 valence electrons. The fourth-order valence-electron chi connectivity index (χ4n) is 2.13. The first-order chi connectivity index (χ1) is 10.2. The molecule has 0 saturated heterocycles. The third kappa shape index (κ3) is 3.46. The smallest absolute Gasteiger partial charge is 0.130 e. The molecule has 0 bridgehead atoms. The van der Waals surface area contributed by atoms with Crippen molar-refractivity contribution in [1.29, 1.82) is 0 Å². The number of ether oxygens (including phenoxy) is 3. The number of hydrogen-bond donors (Lipinski definition) is 2. The van der Waals surface area contributed by atoms with E-state index in [4.69, 9.17) is 14.2 Å². The number of nitrogens with one attached hydrogen (secondary N) is 2. The standard InChI is InChI=1S/C15H21N3O3/c1-10-11(8-17-18-10)7-16-9-13-14(20-3)5-12(19-2)6-15(13)21-4/h5-6,8,16H,7,9H2,1-4H3,(H,17,18). The third-order valence-electron chi connectivity index (χ3n) is 3.37. The molecule has 0 fully saturated rings. The molecule has 21 heavy (non-hydrogen) atoms. The van der Waals surface area contributed by atoms with E-state index in [0.717, 1.165) is 34.9 Å². The summed E-state index contributed by atoms with van der Waals surface area (Å²) in [7, 11) is 4.89. The number of aryl methyl sites for hydroxylation is 1. The van der Waals surface area contributed by atoms with Crippen LogP contribution >= 0.6 is 0 Å². The molecule has 1 heterocycles. The van der Waals surface area contributed by atoms with Crippen LogP contribution < -0.4 is 19.5 Å². The molecule has 0 spiro atoms. The number of benzene rings is 1. The average Bonchev–Trinajstić information content (AvgIpc) is 2.92. The van der Waals surface area contributed by atoms with Gasteiger partial charge >= 0.3 is 0 Å². The summed E-state index contributed by atoms with van der Waals surface area (Å²) in [6.45, 7) is 3.35. The van der Waals surface area contributed by atoms with Crippen LogP contribution in [0, 0.1) is 6.92 Å². The van der Waals surface area contributed by atoms with Crippen molar-refractivity contribution in [2.45, 2.75) is 20.0 Å². The predicted molar refractivity (Wildman–Crippen MR) is 80.0 cm³/mol. The summed E-state index contributed by atoms with van der Waals surface area (Å²) in [5, 5.41) is 10.3. The zero-order chi connectivity index (χ0) is 15.2. The Morgan fingerprint density at radius 3 is 2.19 bits per heavy atom. The van der Waals surface area contributed by atoms with E-state index in [1.807, 2.05) is 25.3 Å². The van der Waals surface area contributed by atoms with Gasteiger partial charge in [0.1, 0.15) is 17.2 Å². The maximum absolute atomic E-state index is 5.42. The van der Waals surface area contributed by atoms with Gasteiger partial charge in [-0.3, -0.25) is 5.10 Å². The Balaban J connectivity index is 2.13. The molecule has 0 saturated carbocycles. The Labute approximate surface area is 124 Å². The summed E-state index contributed by atoms with van der Waals surface area (Å²) in [6, 6.07) is 3.70. The summed E-state index contributed by atoms with van der Waals surface area (Å²) in [4.78, 5) is 0. The van der Waals surface area contributed by atoms with E-state index < -0.39 is 0 Å². The minimum absolute atomic E-state index is 0.626. The number of hydrogen-bond acceptors (Lipinski definition) is 5. The van der Waals surface area contributed by atoms with Gasteiger partial charge in [0, 0.05) is 36.5 Å². The highest BCUT2D eigenvalue weighted by atomic mass is 16.5. The lowest BCUT2D eigenvalue weighted by Crippen LogP contribution is -2.14. The van der Waals surface area contributed by atoms with E-state index >= 15 is 0 Å². The lowest BCUT2D eigenvalue weighted by Gasteiger charge is -2.15. The second-order valence-corrected chi connectivity index (χ2v) is 4.63. The molecule has 0 aliphatic heterocycles. The van der Waals surface area contributed by atoms with Crippen LogP contribution in [-0.2, 0) is 13.1 Å². The average molecular weight is 291 g/mol. The normalized spacial score (nSPS) is 10.5. The summed E-state index contributed by atoms with van der Waals surface area (Å²) >= 11 is 0. The first-order valence-corrected chi connectivity index (χ1v) is 6.68. The molecule has 0 unspecified atom stereocenters. The van der Waals surface area contributed by atoms with Crippen LogP contribution in [0.2, 0.25) is 0 Å². The summed E-state index contributed by atoms with van der Waals surface area (Å²) in [6.07, 6.45) is 1.82. The molecule has 0 aliphatic carbocycles. The highest BCUT2D eigenvalue weighted by Crippen LogP contribution is 2.33. The quantitative estimate of drug-likeness (QED) is 0.817. The largest absolute Gasteiger partial charge is 0.496 e. The van der Waals surface area contributed by atoms with Crippen molar-refractivity contribution in [2.75, 3.05) is 21.3 Å². The molecule has 2 aromatic rings. The maximum atomic E-state index is 5.42. The SMILES string of the molecule is COc1cc(OC)c(CNCc2cn[nH]c2C)c(OC)c1. The van der Waals surface area contributed by atoms with Crippen molar-refractivity contribution in [3.63, 3.8) is 0 Å². The summed E-state index contributed by atoms with van der Waals surface area (Å²) in [5.74, 6) is 2.18. The zero-order valence-corrected chi connectivity index (χ0v) is 12.8. The Morgan fingerprint density at radius 1 is 1.05 bits per heavy atom. The maximum Gasteiger partial charge on any atom is 0.130 e. The predicted octanol–water partition coefficient (Wildman–Crippen LogP) is 2.03. The van der Waals surface area contributed by atoms with Crippen molar-refractivity contribution in [1.82, 2.24) is 15.5 Å². The number of nitrogens with zero attached hydrogens (tertiary/aromatic N) is 1. The second kappa shape index (κ2) is 6.99. The van der Waals surface area contributed by atoms with Crippen molar-refractivity contribution < 1.29 is 14.2 Å². The first kappa shape index (κ1) is 15.2. The van der Waals surface area contributed by atoms with Crippen LogP contribution in [0.4, 0.5) is 0 Å². The molecular formula is C15H21N3O3. The van der Waals surface area contributed by atoms with Crippen LogP contribution in [0.5, 0.6) is 17.2 Å². The molecule has 6 heteroatoms. The Kier molecular flexibility index (Phi) is 5.05. The van der Waals surface area contributed by atoms with Gasteiger partial charge in [0.25, 0.3) is 0 Å². The molecule has 0 amide bonds. The Bertz CT molecular complexity index is 571. The number of aromatic amines is 1. The van der Waals surface area contributed by atoms with Crippen LogP contribution in [0.15, 0.2) is 18.3 Å². The molecule has 1 aromatic carbocycles. The summed E-state index contributed by atoms with van der Waals surface area (Å²) in [5.41, 5.74) is 3.17. The minimum Gasteiger partial charge on any atom is -0.496 e. The van der Waals surface area contributed by atoms with E-state index in [-0.39, 0.29) is 0 Å². The molecule has 0 radical (unpaired) electrons. The van der Waals surface area contributed by atoms with E-state index in [2.05, 4.69) is 15.5 Å². The van der Waals surface area contributed by atoms with E-state index in [1.165, 1.54) is 0 Å². The lowest BCUT2D eigenvalue weighted by molar-refractivity contribution is 0.366. The van der Waals surface area contributed by atoms with Gasteiger partial charge in [-0.05, 0) is 6.92 Å². The fourth-order valence-corrected chi connectivity index (χ4v) is 2.13. The van der Waals surface area contributed by atoms with E-state index in [0.29, 0.717) is 12.3 Å². The van der Waals surface area contributed by atoms with E-state index in [9.17, 15) is 0 Å². The van der Waals surface area contributed by atoms with Crippen molar-refractivity contribution in [2.24, 2.45) is 0 Å². The highest BCUT2D eigenvalue weighted by molar-refractivity contribution is 5.50. The molecule has 0 atom stereocenters. The fraction of sp³-hybridized carbons (Fsp3) is 0.400. The van der Waals surface area contributed by atoms with Gasteiger partial charge in [-0.1, -0.05) is 0 Å². The third-order valence-corrected chi connectivity index (χ3v) is 3.37. The number of aromatic nitrogens is 2. The minimum atomic E-state index is 0.626. The van der Waals surface area contributed by atoms with Gasteiger partial charge in [-0.25, -0.2) is 0 Å². The summed E-state index contributed by atoms with van der Waals surface area (Å²) < 4.78 is 16.1. The second-order valence-electron chi connectivity index (χ2n) is 4.63. The van der Waals surface area contributed by atoms with Crippen LogP contribution in [-0.4, -0.2) is 31.5 Å². The van der Waals surface area contributed by atoms with Crippen LogP contribution in [0.3, 0.4) is 0 Å². The zero-order valence-electron chi connectivity index (χ0n) is 12.8. The lowest BCUT2D eigenvalue weighted by atomic mass is 10.1. The number of rotatable bonds is 7. The molecule has 1 aromatic heterocycles. The van der Waals surface area contributed by atoms with Gasteiger partial charge < -0.3 is 19.5 Å². The van der Waals surface area contributed by atoms with Crippen molar-refractivity contribution in [3.05, 3.63) is 35.2 Å². The molecule has 2 rings (SSSR count). The van der Waals surface area contributed by atoms with Crippen molar-refractivity contribution in [3.8, 4) is 17.2 Å². The highest BCUT2D eigenvalue weighted by Gasteiger charge is 2.13. The van der Waals surface area contributed by atoms with E-state index in [1.54, 1.807) is 21.3 Å². The van der Waals surface area contributed by atoms with Gasteiger partial charge in [0.15, 0.2) is 0 Å². The molecule has 2 N–H and O–H groups in total. The van der Waals surface area contributed by atoms with Crippen LogP contribution in [0.1, 0.15) is 16.8 Å². The first-order valence-electron chi connectivity index (χ1n) is 6.68. The number of H-pyrrole nitrogens is 1. The van der Waals surface area contributed by atoms with Gasteiger partial charge in [0.2, 0.25) is 0 Å². The monoisotopic (exact) mass is 291 g/mol. The van der Waals surface area contributed by atoms with Gasteiger partial charge in [0.05, 0.1) is 33.1 Å². The molecule has 0 aliphatic rings. The van der Waals surface area contributed by atoms with Gasteiger partial charge in [-0.2, -0.15) is 5.10 Å². The van der Waals surface area contributed by atoms with Crippen molar-refractivity contribution >= 4 is 0 Å². The topological polar surface area (TPSA) is 68.4 Å². The van der Waals surface area contributed by atoms with Gasteiger partial charge in [-0.15, -0.1) is 0 Å². The molecular weight excluding hydrogens is 270 g/mol. The Morgan fingerprint density at radius 2 is 1.71 bits per heavy atom. The number of methoxy groups -OCH3 is 3. The Hall–Kier alpha value is -2.21. The molecule has 6 nitrogen and oxygen atoms in total.